The van der Waals surface area contributed by atoms with Gasteiger partial charge in [-0.05, 0) is 38.3 Å². The summed E-state index contributed by atoms with van der Waals surface area (Å²) < 4.78 is 5.66. The highest BCUT2D eigenvalue weighted by Gasteiger charge is 2.47. The normalized spacial score (nSPS) is 18.6. The highest BCUT2D eigenvalue weighted by atomic mass is 16.6. The summed E-state index contributed by atoms with van der Waals surface area (Å²) in [5, 5.41) is 2.83. The monoisotopic (exact) mass is 389 g/mol. The highest BCUT2D eigenvalue weighted by molar-refractivity contribution is 5.92. The zero-order valence-corrected chi connectivity index (χ0v) is 17.8. The lowest BCUT2D eigenvalue weighted by molar-refractivity contribution is -0.166. The molecule has 0 aliphatic carbocycles. The second-order valence-corrected chi connectivity index (χ2v) is 9.33. The topological polar surface area (TPSA) is 88.6 Å². The maximum Gasteiger partial charge on any atom is 0.318 e. The quantitative estimate of drug-likeness (QED) is 0.617. The molecule has 0 saturated carbocycles. The van der Waals surface area contributed by atoms with Crippen molar-refractivity contribution in [1.29, 1.82) is 0 Å². The summed E-state index contributed by atoms with van der Waals surface area (Å²) in [5.74, 6) is -0.968. The maximum atomic E-state index is 13.0. The second-order valence-electron chi connectivity index (χ2n) is 9.33. The molecule has 7 heteroatoms. The van der Waals surface area contributed by atoms with Crippen LogP contribution in [0.5, 0.6) is 0 Å². The third kappa shape index (κ3) is 5.30. The largest absolute Gasteiger partial charge is 0.460 e. The lowest BCUT2D eigenvalue weighted by atomic mass is 9.75. The number of amides is 2. The van der Waals surface area contributed by atoms with Crippen molar-refractivity contribution in [2.24, 2.45) is 11.3 Å². The summed E-state index contributed by atoms with van der Waals surface area (Å²) in [6.45, 7) is 13.4. The van der Waals surface area contributed by atoms with Gasteiger partial charge in [0, 0.05) is 13.5 Å². The van der Waals surface area contributed by atoms with Crippen molar-refractivity contribution in [2.75, 3.05) is 6.54 Å². The van der Waals surface area contributed by atoms with Crippen LogP contribution >= 0.6 is 0 Å². The van der Waals surface area contributed by atoms with Gasteiger partial charge in [0.2, 0.25) is 0 Å². The van der Waals surface area contributed by atoms with Gasteiger partial charge < -0.3 is 15.0 Å². The zero-order valence-electron chi connectivity index (χ0n) is 17.8. The van der Waals surface area contributed by atoms with E-state index in [1.54, 1.807) is 23.1 Å². The van der Waals surface area contributed by atoms with Crippen molar-refractivity contribution in [1.82, 2.24) is 15.2 Å². The van der Waals surface area contributed by atoms with Crippen molar-refractivity contribution < 1.29 is 19.1 Å². The number of ether oxygens (including phenoxy) is 1. The van der Waals surface area contributed by atoms with Gasteiger partial charge >= 0.3 is 12.0 Å². The Labute approximate surface area is 166 Å². The van der Waals surface area contributed by atoms with Crippen LogP contribution in [0.3, 0.4) is 0 Å². The van der Waals surface area contributed by atoms with Gasteiger partial charge in [0.1, 0.15) is 11.3 Å². The van der Waals surface area contributed by atoms with E-state index in [9.17, 15) is 14.4 Å². The maximum absolute atomic E-state index is 13.0. The van der Waals surface area contributed by atoms with E-state index in [4.69, 9.17) is 4.74 Å². The molecule has 0 radical (unpaired) electrons. The summed E-state index contributed by atoms with van der Waals surface area (Å²) in [4.78, 5) is 43.1. The number of carbonyl (C=O) groups excluding carboxylic acids is 3. The molecule has 154 valence electrons. The van der Waals surface area contributed by atoms with Gasteiger partial charge in [-0.25, -0.2) is 9.78 Å². The van der Waals surface area contributed by atoms with E-state index in [0.717, 1.165) is 0 Å². The molecule has 0 bridgehead atoms. The molecule has 1 saturated heterocycles. The van der Waals surface area contributed by atoms with Crippen LogP contribution in [0.2, 0.25) is 0 Å². The Morgan fingerprint density at radius 1 is 1.25 bits per heavy atom. The SMILES string of the molecule is CC(=O)c1cccc(CN2C(=O)NCC2[C@@H](C(=O)OC(C)(C)C)C(C)(C)C)n1. The lowest BCUT2D eigenvalue weighted by Gasteiger charge is -2.38. The number of carbonyl (C=O) groups is 3. The minimum Gasteiger partial charge on any atom is -0.460 e. The number of pyridine rings is 1. The summed E-state index contributed by atoms with van der Waals surface area (Å²) in [6, 6.07) is 4.54. The molecule has 28 heavy (non-hydrogen) atoms. The van der Waals surface area contributed by atoms with Crippen LogP contribution in [0.15, 0.2) is 18.2 Å². The molecule has 2 rings (SSSR count). The summed E-state index contributed by atoms with van der Waals surface area (Å²) in [7, 11) is 0. The van der Waals surface area contributed by atoms with E-state index in [1.165, 1.54) is 6.92 Å². The van der Waals surface area contributed by atoms with Crippen LogP contribution in [-0.4, -0.2) is 45.9 Å². The van der Waals surface area contributed by atoms with Crippen LogP contribution in [0, 0.1) is 11.3 Å². The third-order valence-electron chi connectivity index (χ3n) is 4.60. The molecule has 2 heterocycles. The van der Waals surface area contributed by atoms with Crippen LogP contribution in [-0.2, 0) is 16.1 Å². The molecular formula is C21H31N3O4. The highest BCUT2D eigenvalue weighted by Crippen LogP contribution is 2.35. The first-order chi connectivity index (χ1) is 12.8. The number of aromatic nitrogens is 1. The molecule has 1 unspecified atom stereocenters. The Bertz CT molecular complexity index is 762. The van der Waals surface area contributed by atoms with E-state index in [1.807, 2.05) is 41.5 Å². The number of nitrogens with one attached hydrogen (secondary N) is 1. The molecule has 2 amide bonds. The molecule has 1 N–H and O–H groups in total. The Morgan fingerprint density at radius 2 is 1.89 bits per heavy atom. The average Bonchev–Trinajstić information content (AvgIpc) is 2.86. The molecule has 1 aliphatic heterocycles. The molecule has 0 aromatic carbocycles. The molecule has 1 aliphatic rings. The van der Waals surface area contributed by atoms with E-state index >= 15 is 0 Å². The number of hydrogen-bond donors (Lipinski definition) is 1. The predicted molar refractivity (Wildman–Crippen MR) is 106 cm³/mol. The molecule has 2 atom stereocenters. The van der Waals surface area contributed by atoms with Crippen LogP contribution in [0.4, 0.5) is 4.79 Å². The average molecular weight is 389 g/mol. The van der Waals surface area contributed by atoms with Gasteiger partial charge in [0.15, 0.2) is 5.78 Å². The molecule has 1 aromatic rings. The fourth-order valence-corrected chi connectivity index (χ4v) is 3.43. The number of esters is 1. The number of hydrogen-bond acceptors (Lipinski definition) is 5. The van der Waals surface area contributed by atoms with Gasteiger partial charge in [-0.3, -0.25) is 9.59 Å². The Morgan fingerprint density at radius 3 is 2.43 bits per heavy atom. The minimum absolute atomic E-state index is 0.134. The van der Waals surface area contributed by atoms with Crippen molar-refractivity contribution in [3.8, 4) is 0 Å². The third-order valence-corrected chi connectivity index (χ3v) is 4.60. The molecule has 1 aromatic heterocycles. The first-order valence-corrected chi connectivity index (χ1v) is 9.54. The van der Waals surface area contributed by atoms with Crippen molar-refractivity contribution in [3.05, 3.63) is 29.6 Å². The lowest BCUT2D eigenvalue weighted by Crippen LogP contribution is -2.49. The Balaban J connectivity index is 2.32. The number of urea groups is 1. The number of ketones is 1. The number of rotatable bonds is 5. The molecular weight excluding hydrogens is 358 g/mol. The predicted octanol–water partition coefficient (Wildman–Crippen LogP) is 3.18. The van der Waals surface area contributed by atoms with Crippen molar-refractivity contribution in [3.63, 3.8) is 0 Å². The van der Waals surface area contributed by atoms with Crippen LogP contribution in [0.1, 0.15) is 64.6 Å². The first-order valence-electron chi connectivity index (χ1n) is 9.54. The van der Waals surface area contributed by atoms with E-state index in [-0.39, 0.29) is 30.4 Å². The minimum atomic E-state index is -0.612. The van der Waals surface area contributed by atoms with E-state index < -0.39 is 16.9 Å². The number of nitrogens with zero attached hydrogens (tertiary/aromatic N) is 2. The van der Waals surface area contributed by atoms with Crippen molar-refractivity contribution >= 4 is 17.8 Å². The fraction of sp³-hybridized carbons (Fsp3) is 0.619. The van der Waals surface area contributed by atoms with Gasteiger partial charge in [0.25, 0.3) is 0 Å². The van der Waals surface area contributed by atoms with E-state index in [2.05, 4.69) is 10.3 Å². The van der Waals surface area contributed by atoms with Crippen molar-refractivity contribution in [2.45, 2.75) is 66.7 Å². The molecule has 1 fully saturated rings. The number of Topliss-reactive ketones (excluding diaryl/α,β-unsaturated/α-hetero) is 1. The molecule has 7 nitrogen and oxygen atoms in total. The fourth-order valence-electron chi connectivity index (χ4n) is 3.43. The standard InChI is InChI=1S/C21H31N3O4/c1-13(25)15-10-8-9-14(23-15)12-24-16(11-22-19(24)27)17(20(2,3)4)18(26)28-21(5,6)7/h8-10,16-17H,11-12H2,1-7H3,(H,22,27)/t16?,17-/m0/s1. The molecule has 0 spiro atoms. The summed E-state index contributed by atoms with van der Waals surface area (Å²) in [5.41, 5.74) is -0.0647. The van der Waals surface area contributed by atoms with Gasteiger partial charge in [-0.1, -0.05) is 26.8 Å². The Hall–Kier alpha value is -2.44. The first kappa shape index (κ1) is 21.9. The van der Waals surface area contributed by atoms with E-state index in [0.29, 0.717) is 17.9 Å². The van der Waals surface area contributed by atoms with Crippen LogP contribution < -0.4 is 5.32 Å². The van der Waals surface area contributed by atoms with Gasteiger partial charge in [-0.15, -0.1) is 0 Å². The zero-order chi connectivity index (χ0) is 21.3. The van der Waals surface area contributed by atoms with Crippen LogP contribution in [0.25, 0.3) is 0 Å². The van der Waals surface area contributed by atoms with Gasteiger partial charge in [-0.2, -0.15) is 0 Å². The summed E-state index contributed by atoms with van der Waals surface area (Å²) in [6.07, 6.45) is 0. The summed E-state index contributed by atoms with van der Waals surface area (Å²) >= 11 is 0. The van der Waals surface area contributed by atoms with Gasteiger partial charge in [0.05, 0.1) is 24.2 Å². The Kier molecular flexibility index (Phi) is 6.16. The second kappa shape index (κ2) is 7.89. The smallest absolute Gasteiger partial charge is 0.318 e.